The van der Waals surface area contributed by atoms with Gasteiger partial charge in [0.1, 0.15) is 5.54 Å². The maximum Gasteiger partial charge on any atom is 0.232 e. The van der Waals surface area contributed by atoms with E-state index >= 15 is 0 Å². The zero-order valence-corrected chi connectivity index (χ0v) is 29.5. The van der Waals surface area contributed by atoms with Gasteiger partial charge in [-0.25, -0.2) is 9.97 Å². The Balaban J connectivity index is 1.26. The van der Waals surface area contributed by atoms with Crippen LogP contribution in [0.3, 0.4) is 0 Å². The average Bonchev–Trinajstić information content (AvgIpc) is 3.68. The third kappa shape index (κ3) is 4.27. The molecular formula is C47H29N3S2. The van der Waals surface area contributed by atoms with Crippen LogP contribution in [0.2, 0.25) is 0 Å². The molecule has 3 heterocycles. The Morgan fingerprint density at radius 3 is 1.83 bits per heavy atom. The molecule has 1 aliphatic heterocycles. The zero-order chi connectivity index (χ0) is 34.2. The van der Waals surface area contributed by atoms with E-state index in [0.717, 1.165) is 33.1 Å². The highest BCUT2D eigenvalue weighted by atomic mass is 32.2. The van der Waals surface area contributed by atoms with Crippen LogP contribution in [0.25, 0.3) is 53.8 Å². The Morgan fingerprint density at radius 2 is 1.04 bits per heavy atom. The number of thiophene rings is 1. The number of nitrogens with zero attached hydrogens (tertiary/aromatic N) is 3. The standard InChI is InChI=1S/C47H29N3S2/c1-2-14-30(15-3-1)39-29-40(31-26-27-43-35(28-31)34-18-6-11-23-42(34)51-43)49-46(48-39)50-41-22-10-13-25-45(41)52-44-24-12-9-21-38(44)47(50)36-19-7-4-16-32(36)33-17-5-8-20-37(33)47/h1-29H. The highest BCUT2D eigenvalue weighted by molar-refractivity contribution is 7.99. The van der Waals surface area contributed by atoms with Gasteiger partial charge < -0.3 is 0 Å². The van der Waals surface area contributed by atoms with E-state index in [9.17, 15) is 0 Å². The molecule has 1 aliphatic carbocycles. The van der Waals surface area contributed by atoms with E-state index in [-0.39, 0.29) is 0 Å². The molecule has 0 atom stereocenters. The fourth-order valence-corrected chi connectivity index (χ4v) is 10.5. The maximum absolute atomic E-state index is 5.61. The van der Waals surface area contributed by atoms with Crippen molar-refractivity contribution < 1.29 is 0 Å². The van der Waals surface area contributed by atoms with Gasteiger partial charge in [-0.15, -0.1) is 11.3 Å². The quantitative estimate of drug-likeness (QED) is 0.184. The van der Waals surface area contributed by atoms with Gasteiger partial charge in [0.25, 0.3) is 0 Å². The van der Waals surface area contributed by atoms with Gasteiger partial charge in [-0.3, -0.25) is 4.90 Å². The fraction of sp³-hybridized carbons (Fsp3) is 0.0213. The lowest BCUT2D eigenvalue weighted by atomic mass is 9.78. The van der Waals surface area contributed by atoms with Crippen LogP contribution in [-0.4, -0.2) is 9.97 Å². The third-order valence-corrected chi connectivity index (χ3v) is 12.8. The Morgan fingerprint density at radius 1 is 0.442 bits per heavy atom. The Bertz CT molecular complexity index is 2810. The Hall–Kier alpha value is -6.01. The Labute approximate surface area is 309 Å². The topological polar surface area (TPSA) is 29.0 Å². The summed E-state index contributed by atoms with van der Waals surface area (Å²) in [6.45, 7) is 0. The first-order valence-electron chi connectivity index (χ1n) is 17.5. The summed E-state index contributed by atoms with van der Waals surface area (Å²) < 4.78 is 2.57. The van der Waals surface area contributed by atoms with Gasteiger partial charge in [0.2, 0.25) is 5.95 Å². The van der Waals surface area contributed by atoms with Crippen LogP contribution in [0.5, 0.6) is 0 Å². The van der Waals surface area contributed by atoms with E-state index in [2.05, 4.69) is 181 Å². The van der Waals surface area contributed by atoms with E-state index < -0.39 is 5.54 Å². The number of benzene rings is 7. The van der Waals surface area contributed by atoms with Crippen molar-refractivity contribution in [1.29, 1.82) is 0 Å². The predicted molar refractivity (Wildman–Crippen MR) is 217 cm³/mol. The second-order valence-electron chi connectivity index (χ2n) is 13.3. The molecule has 0 fully saturated rings. The fourth-order valence-electron chi connectivity index (χ4n) is 8.33. The minimum Gasteiger partial charge on any atom is -0.291 e. The van der Waals surface area contributed by atoms with Crippen LogP contribution in [0.4, 0.5) is 11.6 Å². The molecule has 0 bridgehead atoms. The van der Waals surface area contributed by atoms with Gasteiger partial charge in [0.15, 0.2) is 0 Å². The lowest BCUT2D eigenvalue weighted by Crippen LogP contribution is -2.45. The minimum atomic E-state index is -0.747. The molecular weight excluding hydrogens is 671 g/mol. The van der Waals surface area contributed by atoms with Crippen LogP contribution < -0.4 is 4.90 Å². The highest BCUT2D eigenvalue weighted by Gasteiger charge is 2.53. The number of rotatable bonds is 3. The summed E-state index contributed by atoms with van der Waals surface area (Å²) in [5.41, 5.74) is 10.3. The van der Waals surface area contributed by atoms with Gasteiger partial charge >= 0.3 is 0 Å². The number of fused-ring (bicyclic) bond motifs is 11. The largest absolute Gasteiger partial charge is 0.291 e. The van der Waals surface area contributed by atoms with Crippen molar-refractivity contribution >= 4 is 54.9 Å². The molecule has 5 heteroatoms. The van der Waals surface area contributed by atoms with Gasteiger partial charge in [-0.05, 0) is 64.7 Å². The van der Waals surface area contributed by atoms with Crippen LogP contribution >= 0.6 is 23.1 Å². The van der Waals surface area contributed by atoms with Crippen molar-refractivity contribution in [2.45, 2.75) is 15.3 Å². The molecule has 3 nitrogen and oxygen atoms in total. The molecule has 52 heavy (non-hydrogen) atoms. The SMILES string of the molecule is c1ccc(-c2cc(-c3ccc4sc5ccccc5c4c3)nc(N3c4ccccc4Sc4ccccc4C34c3ccccc3-c3ccccc34)n2)cc1. The normalized spacial score (nSPS) is 13.8. The summed E-state index contributed by atoms with van der Waals surface area (Å²) in [6.07, 6.45) is 0. The van der Waals surface area contributed by atoms with E-state index in [0.29, 0.717) is 5.95 Å². The summed E-state index contributed by atoms with van der Waals surface area (Å²) >= 11 is 3.66. The predicted octanol–water partition coefficient (Wildman–Crippen LogP) is 12.8. The smallest absolute Gasteiger partial charge is 0.232 e. The van der Waals surface area contributed by atoms with Crippen molar-refractivity contribution in [1.82, 2.24) is 9.97 Å². The van der Waals surface area contributed by atoms with Crippen molar-refractivity contribution in [2.24, 2.45) is 0 Å². The van der Waals surface area contributed by atoms with Crippen molar-refractivity contribution in [2.75, 3.05) is 4.90 Å². The molecule has 244 valence electrons. The molecule has 7 aromatic carbocycles. The zero-order valence-electron chi connectivity index (χ0n) is 27.9. The lowest BCUT2D eigenvalue weighted by molar-refractivity contribution is 0.618. The lowest BCUT2D eigenvalue weighted by Gasteiger charge is -2.43. The van der Waals surface area contributed by atoms with Crippen LogP contribution in [0.15, 0.2) is 186 Å². The van der Waals surface area contributed by atoms with Crippen molar-refractivity contribution in [3.8, 4) is 33.6 Å². The number of hydrogen-bond acceptors (Lipinski definition) is 5. The van der Waals surface area contributed by atoms with Crippen molar-refractivity contribution in [3.63, 3.8) is 0 Å². The Kier molecular flexibility index (Phi) is 6.57. The molecule has 0 amide bonds. The number of para-hydroxylation sites is 1. The summed E-state index contributed by atoms with van der Waals surface area (Å²) in [5, 5.41) is 2.52. The molecule has 0 unspecified atom stereocenters. The third-order valence-electron chi connectivity index (χ3n) is 10.5. The van der Waals surface area contributed by atoms with Gasteiger partial charge in [-0.2, -0.15) is 0 Å². The minimum absolute atomic E-state index is 0.655. The second-order valence-corrected chi connectivity index (χ2v) is 15.5. The van der Waals surface area contributed by atoms with Crippen LogP contribution in [0.1, 0.15) is 16.7 Å². The molecule has 0 N–H and O–H groups in total. The summed E-state index contributed by atoms with van der Waals surface area (Å²) in [5.74, 6) is 0.655. The van der Waals surface area contributed by atoms with E-state index in [1.165, 1.54) is 52.9 Å². The average molecular weight is 700 g/mol. The number of aromatic nitrogens is 2. The number of hydrogen-bond donors (Lipinski definition) is 0. The van der Waals surface area contributed by atoms with Crippen LogP contribution in [0, 0.1) is 0 Å². The first-order valence-corrected chi connectivity index (χ1v) is 19.1. The molecule has 11 rings (SSSR count). The molecule has 1 spiro atoms. The van der Waals surface area contributed by atoms with Crippen LogP contribution in [-0.2, 0) is 5.54 Å². The highest BCUT2D eigenvalue weighted by Crippen LogP contribution is 2.61. The second kappa shape index (κ2) is 11.5. The van der Waals surface area contributed by atoms with Crippen molar-refractivity contribution in [3.05, 3.63) is 193 Å². The van der Waals surface area contributed by atoms with Gasteiger partial charge in [0, 0.05) is 46.7 Å². The maximum atomic E-state index is 5.61. The summed E-state index contributed by atoms with van der Waals surface area (Å²) in [4.78, 5) is 16.0. The van der Waals surface area contributed by atoms with E-state index in [1.807, 2.05) is 23.1 Å². The molecule has 2 aliphatic rings. The molecule has 0 radical (unpaired) electrons. The molecule has 2 aromatic heterocycles. The summed E-state index contributed by atoms with van der Waals surface area (Å²) in [7, 11) is 0. The molecule has 9 aromatic rings. The molecule has 0 saturated carbocycles. The van der Waals surface area contributed by atoms with Gasteiger partial charge in [0.05, 0.1) is 17.1 Å². The van der Waals surface area contributed by atoms with E-state index in [4.69, 9.17) is 9.97 Å². The first kappa shape index (κ1) is 29.7. The summed E-state index contributed by atoms with van der Waals surface area (Å²) in [6, 6.07) is 63.5. The monoisotopic (exact) mass is 699 g/mol. The van der Waals surface area contributed by atoms with E-state index in [1.54, 1.807) is 0 Å². The molecule has 0 saturated heterocycles. The first-order chi connectivity index (χ1) is 25.8. The number of anilines is 2. The van der Waals surface area contributed by atoms with Gasteiger partial charge in [-0.1, -0.05) is 145 Å².